The Kier molecular flexibility index (Phi) is 5.87. The number of aliphatic hydroxyl groups excluding tert-OH is 1. The molecular formula is C21H23NO8. The van der Waals surface area contributed by atoms with Crippen LogP contribution in [0.25, 0.3) is 0 Å². The number of nitrogens with one attached hydrogen (secondary N) is 1. The number of hydrogen-bond donors (Lipinski definition) is 2. The first kappa shape index (κ1) is 20.5. The summed E-state index contributed by atoms with van der Waals surface area (Å²) in [6, 6.07) is 9.06. The molecule has 0 aliphatic carbocycles. The number of Topliss-reactive ketones (excluding diaryl/α,β-unsaturated/α-hetero) is 1. The summed E-state index contributed by atoms with van der Waals surface area (Å²) in [7, 11) is 0. The van der Waals surface area contributed by atoms with Crippen LogP contribution >= 0.6 is 0 Å². The number of furan rings is 1. The predicted octanol–water partition coefficient (Wildman–Crippen LogP) is 1.57. The lowest BCUT2D eigenvalue weighted by molar-refractivity contribution is -0.336. The molecule has 1 unspecified atom stereocenters. The lowest BCUT2D eigenvalue weighted by Gasteiger charge is -2.47. The number of rotatable bonds is 5. The van der Waals surface area contributed by atoms with Gasteiger partial charge < -0.3 is 33.8 Å². The van der Waals surface area contributed by atoms with Crippen LogP contribution in [0, 0.1) is 0 Å². The van der Waals surface area contributed by atoms with Crippen LogP contribution in [0.3, 0.4) is 0 Å². The van der Waals surface area contributed by atoms with Gasteiger partial charge in [0.25, 0.3) is 0 Å². The van der Waals surface area contributed by atoms with Crippen molar-refractivity contribution in [2.75, 3.05) is 6.61 Å². The third-order valence-electron chi connectivity index (χ3n) is 5.02. The fraction of sp³-hybridized carbons (Fsp3) is 0.429. The number of ether oxygens (including phenoxy) is 4. The fourth-order valence-corrected chi connectivity index (χ4v) is 3.55. The Balaban J connectivity index is 1.51. The van der Waals surface area contributed by atoms with Crippen molar-refractivity contribution < 1.29 is 38.1 Å². The number of ketones is 1. The van der Waals surface area contributed by atoms with Crippen molar-refractivity contribution in [3.8, 4) is 5.75 Å². The van der Waals surface area contributed by atoms with Gasteiger partial charge in [-0.05, 0) is 43.3 Å². The molecule has 2 saturated heterocycles. The predicted molar refractivity (Wildman–Crippen MR) is 102 cm³/mol. The first-order valence-electron chi connectivity index (χ1n) is 9.61. The lowest BCUT2D eigenvalue weighted by Crippen LogP contribution is -2.67. The molecular weight excluding hydrogens is 394 g/mol. The third kappa shape index (κ3) is 4.24. The molecule has 2 aromatic rings. The lowest BCUT2D eigenvalue weighted by atomic mass is 9.96. The Hall–Kier alpha value is -2.72. The molecule has 9 nitrogen and oxygen atoms in total. The summed E-state index contributed by atoms with van der Waals surface area (Å²) in [5.41, 5.74) is 0.545. The molecule has 4 rings (SSSR count). The van der Waals surface area contributed by atoms with Gasteiger partial charge >= 0.3 is 0 Å². The third-order valence-corrected chi connectivity index (χ3v) is 5.02. The van der Waals surface area contributed by atoms with E-state index in [1.165, 1.54) is 20.1 Å². The van der Waals surface area contributed by atoms with Crippen molar-refractivity contribution in [3.63, 3.8) is 0 Å². The molecule has 2 N–H and O–H groups in total. The molecule has 2 aliphatic rings. The second-order valence-corrected chi connectivity index (χ2v) is 7.24. The topological polar surface area (TPSA) is 116 Å². The largest absolute Gasteiger partial charge is 0.464 e. The standard InChI is InChI=1S/C21H23NO8/c1-11(23)13-5-7-14(8-6-13)28-21-17(22-12(2)24)18(25)19-16(29-21)10-27-20(30-19)15-4-3-9-26-15/h3-9,16-21,25H,10H2,1-2H3,(H,22,24)/t16-,17-,18-,19-,20?,21-/m1/s1. The van der Waals surface area contributed by atoms with Gasteiger partial charge in [0.1, 0.15) is 30.1 Å². The Labute approximate surface area is 172 Å². The van der Waals surface area contributed by atoms with Crippen LogP contribution in [0.5, 0.6) is 5.75 Å². The smallest absolute Gasteiger partial charge is 0.223 e. The van der Waals surface area contributed by atoms with Gasteiger partial charge in [0.2, 0.25) is 18.5 Å². The molecule has 9 heteroatoms. The maximum absolute atomic E-state index is 11.7. The summed E-state index contributed by atoms with van der Waals surface area (Å²) in [5, 5.41) is 13.6. The first-order valence-corrected chi connectivity index (χ1v) is 9.61. The highest BCUT2D eigenvalue weighted by molar-refractivity contribution is 5.94. The molecule has 0 spiro atoms. The zero-order valence-electron chi connectivity index (χ0n) is 16.5. The van der Waals surface area contributed by atoms with Crippen molar-refractivity contribution in [1.29, 1.82) is 0 Å². The second-order valence-electron chi connectivity index (χ2n) is 7.24. The molecule has 30 heavy (non-hydrogen) atoms. The van der Waals surface area contributed by atoms with E-state index in [2.05, 4.69) is 5.32 Å². The zero-order chi connectivity index (χ0) is 21.3. The summed E-state index contributed by atoms with van der Waals surface area (Å²) in [6.07, 6.45) is -2.75. The summed E-state index contributed by atoms with van der Waals surface area (Å²) < 4.78 is 28.7. The molecule has 6 atom stereocenters. The molecule has 2 aliphatic heterocycles. The Morgan fingerprint density at radius 1 is 1.13 bits per heavy atom. The Morgan fingerprint density at radius 2 is 1.90 bits per heavy atom. The number of carbonyl (C=O) groups excluding carboxylic acids is 2. The van der Waals surface area contributed by atoms with Crippen LogP contribution in [0.4, 0.5) is 0 Å². The van der Waals surface area contributed by atoms with Crippen molar-refractivity contribution in [2.24, 2.45) is 0 Å². The minimum atomic E-state index is -1.12. The summed E-state index contributed by atoms with van der Waals surface area (Å²) in [5.74, 6) is 0.488. The summed E-state index contributed by atoms with van der Waals surface area (Å²) in [6.45, 7) is 2.96. The maximum atomic E-state index is 11.7. The normalized spacial score (nSPS) is 30.9. The molecule has 0 radical (unpaired) electrons. The van der Waals surface area contributed by atoms with E-state index in [9.17, 15) is 14.7 Å². The van der Waals surface area contributed by atoms with Crippen molar-refractivity contribution in [1.82, 2.24) is 5.32 Å². The second kappa shape index (κ2) is 8.57. The molecule has 2 fully saturated rings. The number of fused-ring (bicyclic) bond motifs is 1. The molecule has 160 valence electrons. The van der Waals surface area contributed by atoms with Gasteiger partial charge in [-0.25, -0.2) is 0 Å². The summed E-state index contributed by atoms with van der Waals surface area (Å²) in [4.78, 5) is 23.2. The van der Waals surface area contributed by atoms with Gasteiger partial charge in [-0.3, -0.25) is 9.59 Å². The van der Waals surface area contributed by atoms with E-state index in [4.69, 9.17) is 23.4 Å². The molecule has 0 bridgehead atoms. The molecule has 3 heterocycles. The van der Waals surface area contributed by atoms with E-state index < -0.39 is 36.9 Å². The number of benzene rings is 1. The van der Waals surface area contributed by atoms with Crippen LogP contribution in [0.15, 0.2) is 47.1 Å². The van der Waals surface area contributed by atoms with Crippen LogP contribution in [0.1, 0.15) is 36.3 Å². The average Bonchev–Trinajstić information content (AvgIpc) is 3.26. The van der Waals surface area contributed by atoms with Gasteiger partial charge in [0.05, 0.1) is 12.9 Å². The highest BCUT2D eigenvalue weighted by Crippen LogP contribution is 2.35. The first-order chi connectivity index (χ1) is 14.4. The fourth-order valence-electron chi connectivity index (χ4n) is 3.55. The van der Waals surface area contributed by atoms with Gasteiger partial charge in [-0.2, -0.15) is 0 Å². The molecule has 0 saturated carbocycles. The molecule has 1 amide bonds. The number of amides is 1. The zero-order valence-corrected chi connectivity index (χ0v) is 16.5. The van der Waals surface area contributed by atoms with Crippen molar-refractivity contribution >= 4 is 11.7 Å². The molecule has 1 aromatic heterocycles. The minimum Gasteiger partial charge on any atom is -0.464 e. The van der Waals surface area contributed by atoms with Gasteiger partial charge in [0.15, 0.2) is 11.5 Å². The van der Waals surface area contributed by atoms with E-state index in [0.29, 0.717) is 17.1 Å². The van der Waals surface area contributed by atoms with E-state index in [1.54, 1.807) is 36.4 Å². The quantitative estimate of drug-likeness (QED) is 0.704. The monoisotopic (exact) mass is 417 g/mol. The van der Waals surface area contributed by atoms with Gasteiger partial charge in [-0.15, -0.1) is 0 Å². The van der Waals surface area contributed by atoms with Crippen LogP contribution in [-0.2, 0) is 19.0 Å². The number of aliphatic hydroxyl groups is 1. The Bertz CT molecular complexity index is 881. The van der Waals surface area contributed by atoms with E-state index in [0.717, 1.165) is 0 Å². The Morgan fingerprint density at radius 3 is 2.53 bits per heavy atom. The maximum Gasteiger partial charge on any atom is 0.223 e. The highest BCUT2D eigenvalue weighted by atomic mass is 16.8. The van der Waals surface area contributed by atoms with E-state index in [-0.39, 0.29) is 18.3 Å². The minimum absolute atomic E-state index is 0.0625. The molecule has 1 aromatic carbocycles. The SMILES string of the molecule is CC(=O)N[C@H]1[C@H](Oc2ccc(C(C)=O)cc2)O[C@@H]2COC(c3ccco3)O[C@H]2[C@@H]1O. The van der Waals surface area contributed by atoms with Crippen LogP contribution in [0.2, 0.25) is 0 Å². The van der Waals surface area contributed by atoms with E-state index >= 15 is 0 Å². The summed E-state index contributed by atoms with van der Waals surface area (Å²) >= 11 is 0. The van der Waals surface area contributed by atoms with Gasteiger partial charge in [0, 0.05) is 12.5 Å². The average molecular weight is 417 g/mol. The van der Waals surface area contributed by atoms with Gasteiger partial charge in [-0.1, -0.05) is 0 Å². The van der Waals surface area contributed by atoms with Crippen LogP contribution < -0.4 is 10.1 Å². The van der Waals surface area contributed by atoms with Crippen LogP contribution in [-0.4, -0.2) is 54.0 Å². The van der Waals surface area contributed by atoms with Crippen molar-refractivity contribution in [3.05, 3.63) is 54.0 Å². The highest BCUT2D eigenvalue weighted by Gasteiger charge is 2.51. The number of hydrogen-bond acceptors (Lipinski definition) is 8. The number of carbonyl (C=O) groups is 2. The van der Waals surface area contributed by atoms with Crippen molar-refractivity contribution in [2.45, 2.75) is 50.8 Å². The van der Waals surface area contributed by atoms with E-state index in [1.807, 2.05) is 0 Å².